The van der Waals surface area contributed by atoms with E-state index in [1.807, 2.05) is 4.90 Å². The van der Waals surface area contributed by atoms with Crippen molar-refractivity contribution in [2.24, 2.45) is 5.14 Å². The third-order valence-corrected chi connectivity index (χ3v) is 3.83. The summed E-state index contributed by atoms with van der Waals surface area (Å²) in [7, 11) is -3.92. The van der Waals surface area contributed by atoms with Crippen molar-refractivity contribution in [3.05, 3.63) is 28.3 Å². The van der Waals surface area contributed by atoms with Gasteiger partial charge < -0.3 is 4.90 Å². The molecule has 1 fully saturated rings. The molecule has 0 saturated carbocycles. The summed E-state index contributed by atoms with van der Waals surface area (Å²) in [6.45, 7) is 1.49. The van der Waals surface area contributed by atoms with E-state index in [9.17, 15) is 18.5 Å². The maximum atomic E-state index is 11.2. The summed E-state index contributed by atoms with van der Waals surface area (Å²) in [6.07, 6.45) is 1.96. The molecule has 0 radical (unpaired) electrons. The van der Waals surface area contributed by atoms with E-state index in [1.165, 1.54) is 12.1 Å². The summed E-state index contributed by atoms with van der Waals surface area (Å²) in [4.78, 5) is 12.1. The third-order valence-electron chi connectivity index (χ3n) is 2.92. The zero-order valence-corrected chi connectivity index (χ0v) is 10.4. The van der Waals surface area contributed by atoms with Gasteiger partial charge >= 0.3 is 0 Å². The highest BCUT2D eigenvalue weighted by Gasteiger charge is 2.24. The van der Waals surface area contributed by atoms with Crippen LogP contribution in [-0.2, 0) is 10.0 Å². The normalized spacial score (nSPS) is 15.9. The lowest BCUT2D eigenvalue weighted by atomic mass is 10.2. The Hall–Kier alpha value is -1.67. The van der Waals surface area contributed by atoms with Crippen LogP contribution in [0.4, 0.5) is 11.4 Å². The van der Waals surface area contributed by atoms with E-state index >= 15 is 0 Å². The van der Waals surface area contributed by atoms with Gasteiger partial charge in [-0.2, -0.15) is 0 Å². The molecule has 0 aliphatic carbocycles. The lowest BCUT2D eigenvalue weighted by Crippen LogP contribution is -2.19. The monoisotopic (exact) mass is 271 g/mol. The van der Waals surface area contributed by atoms with Crippen LogP contribution in [-0.4, -0.2) is 26.4 Å². The lowest BCUT2D eigenvalue weighted by Gasteiger charge is -2.17. The molecule has 1 heterocycles. The third kappa shape index (κ3) is 2.44. The van der Waals surface area contributed by atoms with Crippen molar-refractivity contribution in [1.82, 2.24) is 0 Å². The van der Waals surface area contributed by atoms with Crippen molar-refractivity contribution < 1.29 is 13.3 Å². The number of primary sulfonamides is 1. The molecular weight excluding hydrogens is 258 g/mol. The molecular formula is C10H13N3O4S. The molecule has 8 heteroatoms. The molecule has 0 unspecified atom stereocenters. The summed E-state index contributed by atoms with van der Waals surface area (Å²) < 4.78 is 22.4. The second-order valence-electron chi connectivity index (χ2n) is 4.15. The number of hydrogen-bond donors (Lipinski definition) is 1. The van der Waals surface area contributed by atoms with Crippen molar-refractivity contribution >= 4 is 21.4 Å². The molecule has 98 valence electrons. The molecule has 0 aromatic heterocycles. The Kier molecular flexibility index (Phi) is 3.22. The summed E-state index contributed by atoms with van der Waals surface area (Å²) in [6, 6.07) is 3.77. The number of nitrogens with zero attached hydrogens (tertiary/aromatic N) is 2. The summed E-state index contributed by atoms with van der Waals surface area (Å²) >= 11 is 0. The Morgan fingerprint density at radius 1 is 1.28 bits per heavy atom. The van der Waals surface area contributed by atoms with E-state index in [2.05, 4.69) is 0 Å². The highest BCUT2D eigenvalue weighted by atomic mass is 32.2. The molecule has 0 atom stereocenters. The first-order chi connectivity index (χ1) is 8.39. The SMILES string of the molecule is NS(=O)(=O)c1ccc(N2CCCC2)c([N+](=O)[O-])c1. The Balaban J connectivity index is 2.51. The van der Waals surface area contributed by atoms with Gasteiger partial charge in [-0.05, 0) is 25.0 Å². The summed E-state index contributed by atoms with van der Waals surface area (Å²) in [5.41, 5.74) is 0.230. The molecule has 18 heavy (non-hydrogen) atoms. The van der Waals surface area contributed by atoms with Crippen LogP contribution in [0.5, 0.6) is 0 Å². The van der Waals surface area contributed by atoms with Gasteiger partial charge in [0.1, 0.15) is 5.69 Å². The average molecular weight is 271 g/mol. The Bertz CT molecular complexity index is 579. The van der Waals surface area contributed by atoms with Gasteiger partial charge in [-0.1, -0.05) is 0 Å². The minimum atomic E-state index is -3.92. The number of hydrogen-bond acceptors (Lipinski definition) is 5. The molecule has 0 bridgehead atoms. The molecule has 1 saturated heterocycles. The van der Waals surface area contributed by atoms with Gasteiger partial charge in [0.2, 0.25) is 10.0 Å². The van der Waals surface area contributed by atoms with Crippen LogP contribution in [0.15, 0.2) is 23.1 Å². The van der Waals surface area contributed by atoms with Crippen molar-refractivity contribution in [3.63, 3.8) is 0 Å². The van der Waals surface area contributed by atoms with Gasteiger partial charge in [0.25, 0.3) is 5.69 Å². The standard InChI is InChI=1S/C10H13N3O4S/c11-18(16,17)8-3-4-9(10(7-8)13(14)15)12-5-1-2-6-12/h3-4,7H,1-2,5-6H2,(H2,11,16,17). The minimum Gasteiger partial charge on any atom is -0.366 e. The maximum Gasteiger partial charge on any atom is 0.293 e. The number of anilines is 1. The van der Waals surface area contributed by atoms with Gasteiger partial charge in [0.05, 0.1) is 9.82 Å². The van der Waals surface area contributed by atoms with Crippen LogP contribution in [0.3, 0.4) is 0 Å². The van der Waals surface area contributed by atoms with Crippen molar-refractivity contribution in [2.75, 3.05) is 18.0 Å². The van der Waals surface area contributed by atoms with E-state index in [0.29, 0.717) is 5.69 Å². The quantitative estimate of drug-likeness (QED) is 0.647. The maximum absolute atomic E-state index is 11.2. The highest BCUT2D eigenvalue weighted by molar-refractivity contribution is 7.89. The lowest BCUT2D eigenvalue weighted by molar-refractivity contribution is -0.384. The van der Waals surface area contributed by atoms with Crippen LogP contribution in [0.25, 0.3) is 0 Å². The Labute approximate surface area is 104 Å². The topological polar surface area (TPSA) is 107 Å². The largest absolute Gasteiger partial charge is 0.366 e. The Morgan fingerprint density at radius 3 is 2.39 bits per heavy atom. The second-order valence-corrected chi connectivity index (χ2v) is 5.71. The van der Waals surface area contributed by atoms with Crippen molar-refractivity contribution in [1.29, 1.82) is 0 Å². The first kappa shape index (κ1) is 12.8. The predicted octanol–water partition coefficient (Wildman–Crippen LogP) is 0.842. The fourth-order valence-corrected chi connectivity index (χ4v) is 2.59. The predicted molar refractivity (Wildman–Crippen MR) is 65.9 cm³/mol. The van der Waals surface area contributed by atoms with Crippen LogP contribution in [0.1, 0.15) is 12.8 Å². The molecule has 1 aliphatic rings. The summed E-state index contributed by atoms with van der Waals surface area (Å²) in [5, 5.41) is 16.0. The zero-order valence-electron chi connectivity index (χ0n) is 9.57. The fourth-order valence-electron chi connectivity index (χ4n) is 2.05. The molecule has 0 amide bonds. The summed E-state index contributed by atoms with van der Waals surface area (Å²) in [5.74, 6) is 0. The van der Waals surface area contributed by atoms with E-state index < -0.39 is 14.9 Å². The average Bonchev–Trinajstić information content (AvgIpc) is 2.80. The number of benzene rings is 1. The van der Waals surface area contributed by atoms with E-state index in [4.69, 9.17) is 5.14 Å². The van der Waals surface area contributed by atoms with Crippen LogP contribution >= 0.6 is 0 Å². The van der Waals surface area contributed by atoms with Crippen LogP contribution in [0, 0.1) is 10.1 Å². The van der Waals surface area contributed by atoms with E-state index in [0.717, 1.165) is 32.0 Å². The van der Waals surface area contributed by atoms with Gasteiger partial charge in [-0.25, -0.2) is 13.6 Å². The van der Waals surface area contributed by atoms with Gasteiger partial charge in [0.15, 0.2) is 0 Å². The first-order valence-electron chi connectivity index (χ1n) is 5.46. The van der Waals surface area contributed by atoms with E-state index in [-0.39, 0.29) is 10.6 Å². The molecule has 0 spiro atoms. The Morgan fingerprint density at radius 2 is 1.89 bits per heavy atom. The highest BCUT2D eigenvalue weighted by Crippen LogP contribution is 2.32. The van der Waals surface area contributed by atoms with Crippen LogP contribution in [0.2, 0.25) is 0 Å². The minimum absolute atomic E-state index is 0.219. The van der Waals surface area contributed by atoms with Gasteiger partial charge in [-0.3, -0.25) is 10.1 Å². The van der Waals surface area contributed by atoms with Gasteiger partial charge in [0, 0.05) is 19.2 Å². The molecule has 2 rings (SSSR count). The molecule has 2 N–H and O–H groups in total. The fraction of sp³-hybridized carbons (Fsp3) is 0.400. The molecule has 1 aromatic carbocycles. The number of rotatable bonds is 3. The first-order valence-corrected chi connectivity index (χ1v) is 7.00. The number of nitro benzene ring substituents is 1. The zero-order chi connectivity index (χ0) is 13.3. The van der Waals surface area contributed by atoms with E-state index in [1.54, 1.807) is 0 Å². The van der Waals surface area contributed by atoms with Gasteiger partial charge in [-0.15, -0.1) is 0 Å². The number of sulfonamides is 1. The molecule has 1 aromatic rings. The van der Waals surface area contributed by atoms with Crippen LogP contribution < -0.4 is 10.0 Å². The smallest absolute Gasteiger partial charge is 0.293 e. The molecule has 7 nitrogen and oxygen atoms in total. The number of nitro groups is 1. The van der Waals surface area contributed by atoms with Crippen molar-refractivity contribution in [2.45, 2.75) is 17.7 Å². The van der Waals surface area contributed by atoms with Crippen molar-refractivity contribution in [3.8, 4) is 0 Å². The number of nitrogens with two attached hydrogens (primary N) is 1. The second kappa shape index (κ2) is 4.54. The molecule has 1 aliphatic heterocycles.